The highest BCUT2D eigenvalue weighted by atomic mass is 35.5. The molecule has 5 heteroatoms. The lowest BCUT2D eigenvalue weighted by Gasteiger charge is -2.33. The number of halogens is 1. The normalized spacial score (nSPS) is 19.5. The summed E-state index contributed by atoms with van der Waals surface area (Å²) < 4.78 is 8.07. The van der Waals surface area contributed by atoms with Crippen molar-refractivity contribution in [1.82, 2.24) is 14.5 Å². The fourth-order valence-corrected chi connectivity index (χ4v) is 3.09. The molecule has 2 heterocycles. The summed E-state index contributed by atoms with van der Waals surface area (Å²) in [5, 5.41) is 0.825. The van der Waals surface area contributed by atoms with E-state index < -0.39 is 0 Å². The Balaban J connectivity index is 1.62. The fourth-order valence-electron chi connectivity index (χ4n) is 2.88. The van der Waals surface area contributed by atoms with Gasteiger partial charge in [-0.25, -0.2) is 4.98 Å². The second-order valence-corrected chi connectivity index (χ2v) is 6.29. The van der Waals surface area contributed by atoms with Crippen LogP contribution in [0.1, 0.15) is 17.1 Å². The average molecular weight is 320 g/mol. The fraction of sp³-hybridized carbons (Fsp3) is 0.471. The SMILES string of the molecule is Cc1ncc(CN2CCO[C@H](Cc3ccccc3Cl)C2)n1C. The molecule has 0 unspecified atom stereocenters. The zero-order valence-corrected chi connectivity index (χ0v) is 13.9. The summed E-state index contributed by atoms with van der Waals surface area (Å²) in [7, 11) is 2.07. The van der Waals surface area contributed by atoms with E-state index in [4.69, 9.17) is 16.3 Å². The van der Waals surface area contributed by atoms with Crippen LogP contribution < -0.4 is 0 Å². The minimum Gasteiger partial charge on any atom is -0.375 e. The van der Waals surface area contributed by atoms with Crippen molar-refractivity contribution < 1.29 is 4.74 Å². The number of nitrogens with zero attached hydrogens (tertiary/aromatic N) is 3. The maximum Gasteiger partial charge on any atom is 0.105 e. The Morgan fingerprint density at radius 2 is 2.18 bits per heavy atom. The lowest BCUT2D eigenvalue weighted by Crippen LogP contribution is -2.43. The second kappa shape index (κ2) is 6.82. The summed E-state index contributed by atoms with van der Waals surface area (Å²) in [6.45, 7) is 5.60. The molecule has 2 aromatic rings. The largest absolute Gasteiger partial charge is 0.375 e. The predicted molar refractivity (Wildman–Crippen MR) is 88.1 cm³/mol. The third-order valence-electron chi connectivity index (χ3n) is 4.33. The van der Waals surface area contributed by atoms with Gasteiger partial charge in [0.2, 0.25) is 0 Å². The molecular weight excluding hydrogens is 298 g/mol. The molecule has 3 rings (SSSR count). The molecule has 0 amide bonds. The van der Waals surface area contributed by atoms with Gasteiger partial charge in [0.1, 0.15) is 5.82 Å². The summed E-state index contributed by atoms with van der Waals surface area (Å²) in [5.74, 6) is 1.05. The van der Waals surface area contributed by atoms with Gasteiger partial charge in [-0.1, -0.05) is 29.8 Å². The Labute approximate surface area is 136 Å². The van der Waals surface area contributed by atoms with Crippen LogP contribution in [-0.2, 0) is 24.8 Å². The molecular formula is C17H22ClN3O. The summed E-state index contributed by atoms with van der Waals surface area (Å²) in [5.41, 5.74) is 2.41. The first-order valence-corrected chi connectivity index (χ1v) is 8.06. The number of aromatic nitrogens is 2. The van der Waals surface area contributed by atoms with Crippen molar-refractivity contribution in [3.63, 3.8) is 0 Å². The Morgan fingerprint density at radius 1 is 1.36 bits per heavy atom. The molecule has 1 aliphatic heterocycles. The molecule has 0 spiro atoms. The quantitative estimate of drug-likeness (QED) is 0.868. The van der Waals surface area contributed by atoms with Crippen molar-refractivity contribution in [3.8, 4) is 0 Å². The average Bonchev–Trinajstić information content (AvgIpc) is 2.82. The van der Waals surface area contributed by atoms with Gasteiger partial charge < -0.3 is 9.30 Å². The van der Waals surface area contributed by atoms with Gasteiger partial charge in [-0.15, -0.1) is 0 Å². The third-order valence-corrected chi connectivity index (χ3v) is 4.70. The van der Waals surface area contributed by atoms with Crippen molar-refractivity contribution in [3.05, 3.63) is 52.6 Å². The summed E-state index contributed by atoms with van der Waals surface area (Å²) in [4.78, 5) is 6.80. The highest BCUT2D eigenvalue weighted by molar-refractivity contribution is 6.31. The number of hydrogen-bond acceptors (Lipinski definition) is 3. The molecule has 0 aliphatic carbocycles. The van der Waals surface area contributed by atoms with Crippen molar-refractivity contribution in [1.29, 1.82) is 0 Å². The zero-order chi connectivity index (χ0) is 15.5. The van der Waals surface area contributed by atoms with E-state index in [1.165, 1.54) is 5.69 Å². The monoisotopic (exact) mass is 319 g/mol. The van der Waals surface area contributed by atoms with E-state index >= 15 is 0 Å². The van der Waals surface area contributed by atoms with Crippen LogP contribution in [0, 0.1) is 6.92 Å². The number of benzene rings is 1. The summed E-state index contributed by atoms with van der Waals surface area (Å²) >= 11 is 6.25. The van der Waals surface area contributed by atoms with Crippen LogP contribution in [-0.4, -0.2) is 40.3 Å². The molecule has 4 nitrogen and oxygen atoms in total. The van der Waals surface area contributed by atoms with Crippen molar-refractivity contribution in [2.75, 3.05) is 19.7 Å². The van der Waals surface area contributed by atoms with Gasteiger partial charge in [-0.05, 0) is 18.6 Å². The number of morpholine rings is 1. The van der Waals surface area contributed by atoms with E-state index in [1.807, 2.05) is 31.3 Å². The molecule has 1 aromatic carbocycles. The van der Waals surface area contributed by atoms with E-state index in [-0.39, 0.29) is 6.10 Å². The van der Waals surface area contributed by atoms with Crippen LogP contribution in [0.15, 0.2) is 30.5 Å². The van der Waals surface area contributed by atoms with Gasteiger partial charge in [0, 0.05) is 44.3 Å². The molecule has 1 atom stereocenters. The van der Waals surface area contributed by atoms with Crippen molar-refractivity contribution in [2.45, 2.75) is 26.0 Å². The topological polar surface area (TPSA) is 30.3 Å². The Bertz CT molecular complexity index is 641. The predicted octanol–water partition coefficient (Wildman–Crippen LogP) is 2.83. The molecule has 0 N–H and O–H groups in total. The van der Waals surface area contributed by atoms with Crippen LogP contribution in [0.25, 0.3) is 0 Å². The Morgan fingerprint density at radius 3 is 2.91 bits per heavy atom. The Kier molecular flexibility index (Phi) is 4.81. The van der Waals surface area contributed by atoms with Crippen LogP contribution in [0.2, 0.25) is 5.02 Å². The molecule has 1 aromatic heterocycles. The van der Waals surface area contributed by atoms with Gasteiger partial charge in [-0.3, -0.25) is 4.90 Å². The Hall–Kier alpha value is -1.36. The van der Waals surface area contributed by atoms with E-state index in [2.05, 4.69) is 27.6 Å². The number of imidazole rings is 1. The molecule has 118 valence electrons. The maximum atomic E-state index is 6.25. The number of hydrogen-bond donors (Lipinski definition) is 0. The van der Waals surface area contributed by atoms with Crippen LogP contribution in [0.4, 0.5) is 0 Å². The smallest absolute Gasteiger partial charge is 0.105 e. The molecule has 1 saturated heterocycles. The summed E-state index contributed by atoms with van der Waals surface area (Å²) in [6, 6.07) is 8.01. The van der Waals surface area contributed by atoms with Gasteiger partial charge in [0.15, 0.2) is 0 Å². The lowest BCUT2D eigenvalue weighted by atomic mass is 10.1. The molecule has 1 aliphatic rings. The van der Waals surface area contributed by atoms with E-state index in [0.29, 0.717) is 0 Å². The molecule has 0 bridgehead atoms. The number of aryl methyl sites for hydroxylation is 1. The highest BCUT2D eigenvalue weighted by Gasteiger charge is 2.22. The molecule has 0 saturated carbocycles. The third kappa shape index (κ3) is 3.51. The van der Waals surface area contributed by atoms with Gasteiger partial charge in [0.25, 0.3) is 0 Å². The van der Waals surface area contributed by atoms with Crippen molar-refractivity contribution >= 4 is 11.6 Å². The highest BCUT2D eigenvalue weighted by Crippen LogP contribution is 2.20. The van der Waals surface area contributed by atoms with E-state index in [0.717, 1.165) is 49.1 Å². The first kappa shape index (κ1) is 15.5. The van der Waals surface area contributed by atoms with Crippen LogP contribution in [0.3, 0.4) is 0 Å². The van der Waals surface area contributed by atoms with Gasteiger partial charge in [0.05, 0.1) is 18.4 Å². The minimum absolute atomic E-state index is 0.197. The second-order valence-electron chi connectivity index (χ2n) is 5.88. The number of rotatable bonds is 4. The molecule has 1 fully saturated rings. The summed E-state index contributed by atoms with van der Waals surface area (Å²) in [6.07, 6.45) is 3.03. The first-order chi connectivity index (χ1) is 10.6. The standard InChI is InChI=1S/C17H22ClN3O/c1-13-19-10-15(20(13)2)11-21-7-8-22-16(12-21)9-14-5-3-4-6-17(14)18/h3-6,10,16H,7-9,11-12H2,1-2H3/t16-/m1/s1. The van der Waals surface area contributed by atoms with Crippen molar-refractivity contribution in [2.24, 2.45) is 7.05 Å². The van der Waals surface area contributed by atoms with Crippen LogP contribution >= 0.6 is 11.6 Å². The number of ether oxygens (including phenoxy) is 1. The molecule has 22 heavy (non-hydrogen) atoms. The zero-order valence-electron chi connectivity index (χ0n) is 13.1. The van der Waals surface area contributed by atoms with Gasteiger partial charge in [-0.2, -0.15) is 0 Å². The lowest BCUT2D eigenvalue weighted by molar-refractivity contribution is -0.0310. The maximum absolute atomic E-state index is 6.25. The van der Waals surface area contributed by atoms with E-state index in [9.17, 15) is 0 Å². The van der Waals surface area contributed by atoms with Crippen LogP contribution in [0.5, 0.6) is 0 Å². The minimum atomic E-state index is 0.197. The molecule has 0 radical (unpaired) electrons. The van der Waals surface area contributed by atoms with Gasteiger partial charge >= 0.3 is 0 Å². The first-order valence-electron chi connectivity index (χ1n) is 7.68. The van der Waals surface area contributed by atoms with E-state index in [1.54, 1.807) is 0 Å².